The molecular weight excluding hydrogens is 263 g/mol. The van der Waals surface area contributed by atoms with Crippen molar-refractivity contribution in [2.45, 2.75) is 59.7 Å². The van der Waals surface area contributed by atoms with Crippen LogP contribution in [0.2, 0.25) is 0 Å². The molecule has 2 rings (SSSR count). The van der Waals surface area contributed by atoms with Gasteiger partial charge in [0.25, 0.3) is 0 Å². The fraction of sp³-hybridized carbons (Fsp3) is 0.667. The van der Waals surface area contributed by atoms with Gasteiger partial charge < -0.3 is 5.32 Å². The Bertz CT molecular complexity index is 479. The molecule has 21 heavy (non-hydrogen) atoms. The van der Waals surface area contributed by atoms with Crippen molar-refractivity contribution in [1.29, 1.82) is 0 Å². The highest BCUT2D eigenvalue weighted by molar-refractivity contribution is 5.26. The van der Waals surface area contributed by atoms with E-state index in [1.807, 2.05) is 13.0 Å². The van der Waals surface area contributed by atoms with E-state index < -0.39 is 0 Å². The Hall–Kier alpha value is -0.930. The highest BCUT2D eigenvalue weighted by Crippen LogP contribution is 2.25. The van der Waals surface area contributed by atoms with E-state index >= 15 is 0 Å². The molecule has 0 saturated carbocycles. The predicted molar refractivity (Wildman–Crippen MR) is 86.9 cm³/mol. The lowest BCUT2D eigenvalue weighted by atomic mass is 9.86. The van der Waals surface area contributed by atoms with E-state index in [-0.39, 0.29) is 11.2 Å². The zero-order chi connectivity index (χ0) is 15.6. The summed E-state index contributed by atoms with van der Waals surface area (Å²) in [6, 6.07) is 6.18. The first-order chi connectivity index (χ1) is 9.77. The molecule has 2 nitrogen and oxygen atoms in total. The van der Waals surface area contributed by atoms with Crippen LogP contribution in [0.25, 0.3) is 0 Å². The van der Waals surface area contributed by atoms with Gasteiger partial charge in [0.15, 0.2) is 0 Å². The van der Waals surface area contributed by atoms with Crippen LogP contribution in [0.1, 0.15) is 45.2 Å². The van der Waals surface area contributed by atoms with Crippen LogP contribution in [0.4, 0.5) is 4.39 Å². The van der Waals surface area contributed by atoms with E-state index in [1.54, 1.807) is 12.1 Å². The smallest absolute Gasteiger partial charge is 0.123 e. The van der Waals surface area contributed by atoms with Gasteiger partial charge in [-0.15, -0.1) is 0 Å². The molecule has 1 N–H and O–H groups in total. The lowest BCUT2D eigenvalue weighted by Crippen LogP contribution is -2.47. The first-order valence-corrected chi connectivity index (χ1v) is 8.00. The standard InChI is InChI=1S/C18H29FN2/c1-13-10-16(19)7-6-15(13)11-21-12-17(18(3,4)5)20-9-8-14(21)2/h6-7,10,14,17,20H,8-9,11-12H2,1-5H3. The maximum atomic E-state index is 13.3. The van der Waals surface area contributed by atoms with E-state index in [0.29, 0.717) is 12.1 Å². The monoisotopic (exact) mass is 292 g/mol. The number of aryl methyl sites for hydroxylation is 1. The molecule has 0 bridgehead atoms. The molecule has 0 aromatic heterocycles. The first-order valence-electron chi connectivity index (χ1n) is 8.00. The number of rotatable bonds is 2. The molecule has 2 unspecified atom stereocenters. The fourth-order valence-corrected chi connectivity index (χ4v) is 2.98. The number of halogens is 1. The largest absolute Gasteiger partial charge is 0.312 e. The van der Waals surface area contributed by atoms with Crippen LogP contribution in [0.5, 0.6) is 0 Å². The SMILES string of the molecule is Cc1cc(F)ccc1CN1CC(C(C)(C)C)NCCC1C. The van der Waals surface area contributed by atoms with Gasteiger partial charge in [-0.05, 0) is 55.5 Å². The summed E-state index contributed by atoms with van der Waals surface area (Å²) >= 11 is 0. The lowest BCUT2D eigenvalue weighted by molar-refractivity contribution is 0.157. The molecule has 0 radical (unpaired) electrons. The molecule has 1 fully saturated rings. The van der Waals surface area contributed by atoms with Crippen molar-refractivity contribution in [1.82, 2.24) is 10.2 Å². The second-order valence-electron chi connectivity index (χ2n) is 7.51. The highest BCUT2D eigenvalue weighted by atomic mass is 19.1. The van der Waals surface area contributed by atoms with Gasteiger partial charge in [-0.2, -0.15) is 0 Å². The van der Waals surface area contributed by atoms with Crippen LogP contribution in [-0.2, 0) is 6.54 Å². The molecule has 1 aromatic carbocycles. The van der Waals surface area contributed by atoms with Crippen molar-refractivity contribution >= 4 is 0 Å². The minimum atomic E-state index is -0.144. The summed E-state index contributed by atoms with van der Waals surface area (Å²) < 4.78 is 13.3. The summed E-state index contributed by atoms with van der Waals surface area (Å²) in [5.74, 6) is -0.144. The molecule has 1 aliphatic rings. The number of hydrogen-bond acceptors (Lipinski definition) is 2. The first kappa shape index (κ1) is 16.4. The summed E-state index contributed by atoms with van der Waals surface area (Å²) in [5, 5.41) is 3.69. The van der Waals surface area contributed by atoms with Gasteiger partial charge in [-0.1, -0.05) is 26.8 Å². The maximum absolute atomic E-state index is 13.3. The predicted octanol–water partition coefficient (Wildman–Crippen LogP) is 3.73. The Morgan fingerprint density at radius 3 is 2.67 bits per heavy atom. The third kappa shape index (κ3) is 4.27. The molecule has 118 valence electrons. The third-order valence-electron chi connectivity index (χ3n) is 4.72. The van der Waals surface area contributed by atoms with Gasteiger partial charge in [-0.25, -0.2) is 4.39 Å². The van der Waals surface area contributed by atoms with Crippen molar-refractivity contribution in [3.8, 4) is 0 Å². The van der Waals surface area contributed by atoms with Crippen LogP contribution >= 0.6 is 0 Å². The molecule has 2 atom stereocenters. The van der Waals surface area contributed by atoms with Crippen LogP contribution in [0.3, 0.4) is 0 Å². The lowest BCUT2D eigenvalue weighted by Gasteiger charge is -2.35. The second kappa shape index (κ2) is 6.45. The van der Waals surface area contributed by atoms with E-state index in [2.05, 4.69) is 37.9 Å². The van der Waals surface area contributed by atoms with Gasteiger partial charge in [-0.3, -0.25) is 4.90 Å². The summed E-state index contributed by atoms with van der Waals surface area (Å²) in [7, 11) is 0. The topological polar surface area (TPSA) is 15.3 Å². The van der Waals surface area contributed by atoms with Crippen LogP contribution in [0, 0.1) is 18.2 Å². The van der Waals surface area contributed by atoms with Crippen molar-refractivity contribution in [2.24, 2.45) is 5.41 Å². The minimum absolute atomic E-state index is 0.144. The summed E-state index contributed by atoms with van der Waals surface area (Å²) in [6.45, 7) is 14.2. The van der Waals surface area contributed by atoms with Crippen molar-refractivity contribution in [3.63, 3.8) is 0 Å². The molecule has 3 heteroatoms. The zero-order valence-electron chi connectivity index (χ0n) is 14.0. The molecule has 1 aromatic rings. The molecule has 1 aliphatic heterocycles. The van der Waals surface area contributed by atoms with E-state index in [1.165, 1.54) is 5.56 Å². The average Bonchev–Trinajstić information content (AvgIpc) is 2.55. The minimum Gasteiger partial charge on any atom is -0.312 e. The summed E-state index contributed by atoms with van der Waals surface area (Å²) in [5.41, 5.74) is 2.53. The summed E-state index contributed by atoms with van der Waals surface area (Å²) in [6.07, 6.45) is 1.16. The van der Waals surface area contributed by atoms with Crippen molar-refractivity contribution < 1.29 is 4.39 Å². The Kier molecular flexibility index (Phi) is 5.05. The molecule has 0 aliphatic carbocycles. The normalized spacial score (nSPS) is 24.9. The molecule has 0 amide bonds. The molecule has 0 spiro atoms. The average molecular weight is 292 g/mol. The number of benzene rings is 1. The summed E-state index contributed by atoms with van der Waals surface area (Å²) in [4.78, 5) is 2.54. The van der Waals surface area contributed by atoms with E-state index in [4.69, 9.17) is 0 Å². The molecule has 1 saturated heterocycles. The van der Waals surface area contributed by atoms with Crippen LogP contribution in [0.15, 0.2) is 18.2 Å². The van der Waals surface area contributed by atoms with E-state index in [9.17, 15) is 4.39 Å². The Balaban J connectivity index is 2.15. The van der Waals surface area contributed by atoms with Gasteiger partial charge in [0.2, 0.25) is 0 Å². The second-order valence-corrected chi connectivity index (χ2v) is 7.51. The quantitative estimate of drug-likeness (QED) is 0.893. The highest BCUT2D eigenvalue weighted by Gasteiger charge is 2.30. The van der Waals surface area contributed by atoms with Gasteiger partial charge >= 0.3 is 0 Å². The van der Waals surface area contributed by atoms with Crippen molar-refractivity contribution in [3.05, 3.63) is 35.1 Å². The third-order valence-corrected chi connectivity index (χ3v) is 4.72. The number of nitrogens with one attached hydrogen (secondary N) is 1. The van der Waals surface area contributed by atoms with Gasteiger partial charge in [0.1, 0.15) is 5.82 Å². The van der Waals surface area contributed by atoms with Crippen LogP contribution in [-0.4, -0.2) is 30.1 Å². The number of hydrogen-bond donors (Lipinski definition) is 1. The Morgan fingerprint density at radius 1 is 1.33 bits per heavy atom. The fourth-order valence-electron chi connectivity index (χ4n) is 2.98. The van der Waals surface area contributed by atoms with Crippen molar-refractivity contribution in [2.75, 3.05) is 13.1 Å². The zero-order valence-corrected chi connectivity index (χ0v) is 14.0. The molecule has 1 heterocycles. The Morgan fingerprint density at radius 2 is 2.05 bits per heavy atom. The van der Waals surface area contributed by atoms with E-state index in [0.717, 1.165) is 31.6 Å². The molecular formula is C18H29FN2. The Labute approximate surface area is 128 Å². The van der Waals surface area contributed by atoms with Crippen LogP contribution < -0.4 is 5.32 Å². The number of nitrogens with zero attached hydrogens (tertiary/aromatic N) is 1. The maximum Gasteiger partial charge on any atom is 0.123 e. The van der Waals surface area contributed by atoms with Gasteiger partial charge in [0, 0.05) is 25.2 Å². The van der Waals surface area contributed by atoms with Gasteiger partial charge in [0.05, 0.1) is 0 Å².